The number of ether oxygens (including phenoxy) is 1. The van der Waals surface area contributed by atoms with Gasteiger partial charge in [0.25, 0.3) is 0 Å². The highest BCUT2D eigenvalue weighted by molar-refractivity contribution is 5.75. The summed E-state index contributed by atoms with van der Waals surface area (Å²) in [4.78, 5) is 0. The third-order valence-electron chi connectivity index (χ3n) is 6.53. The quantitative estimate of drug-likeness (QED) is 0.446. The van der Waals surface area contributed by atoms with Gasteiger partial charge in [0.1, 0.15) is 5.60 Å². The summed E-state index contributed by atoms with van der Waals surface area (Å²) in [5.41, 5.74) is 0.729. The Kier molecular flexibility index (Phi) is 7.26. The summed E-state index contributed by atoms with van der Waals surface area (Å²) >= 11 is 0. The van der Waals surface area contributed by atoms with Crippen LogP contribution in [0.2, 0.25) is 0 Å². The molecule has 0 spiro atoms. The van der Waals surface area contributed by atoms with E-state index in [9.17, 15) is 13.2 Å². The Morgan fingerprint density at radius 3 is 2.31 bits per heavy atom. The third kappa shape index (κ3) is 6.21. The fraction of sp³-hybridized carbons (Fsp3) is 0.600. The van der Waals surface area contributed by atoms with Gasteiger partial charge in [0.2, 0.25) is 0 Å². The van der Waals surface area contributed by atoms with E-state index in [1.165, 1.54) is 19.3 Å². The Balaban J connectivity index is 1.66. The van der Waals surface area contributed by atoms with E-state index in [0.29, 0.717) is 11.8 Å². The van der Waals surface area contributed by atoms with Crippen LogP contribution in [0.25, 0.3) is 5.57 Å². The Morgan fingerprint density at radius 2 is 1.76 bits per heavy atom. The fourth-order valence-electron chi connectivity index (χ4n) is 4.91. The van der Waals surface area contributed by atoms with E-state index in [-0.39, 0.29) is 12.3 Å². The molecule has 1 nitrogen and oxygen atoms in total. The molecule has 2 aliphatic rings. The predicted molar refractivity (Wildman–Crippen MR) is 112 cm³/mol. The van der Waals surface area contributed by atoms with Crippen molar-refractivity contribution in [1.82, 2.24) is 0 Å². The second-order valence-electron chi connectivity index (χ2n) is 9.11. The first kappa shape index (κ1) is 22.1. The zero-order valence-electron chi connectivity index (χ0n) is 17.5. The van der Waals surface area contributed by atoms with E-state index in [0.717, 1.165) is 36.8 Å². The predicted octanol–water partition coefficient (Wildman–Crippen LogP) is 7.94. The zero-order chi connectivity index (χ0) is 20.9. The van der Waals surface area contributed by atoms with Crippen molar-refractivity contribution in [2.24, 2.45) is 17.8 Å². The van der Waals surface area contributed by atoms with Crippen molar-refractivity contribution >= 4 is 5.57 Å². The van der Waals surface area contributed by atoms with Crippen LogP contribution in [0.3, 0.4) is 0 Å². The SMILES string of the molecule is CC(C)CCCC1CCC(C2(OC(F)(F)F)C=CC(c3ccccc3)=CC2)CC1. The van der Waals surface area contributed by atoms with E-state index < -0.39 is 12.0 Å². The maximum atomic E-state index is 13.3. The summed E-state index contributed by atoms with van der Waals surface area (Å²) in [5.74, 6) is 1.28. The van der Waals surface area contributed by atoms with Gasteiger partial charge in [-0.05, 0) is 48.2 Å². The molecular formula is C25H33F3O. The van der Waals surface area contributed by atoms with Crippen molar-refractivity contribution < 1.29 is 17.9 Å². The van der Waals surface area contributed by atoms with Crippen LogP contribution < -0.4 is 0 Å². The van der Waals surface area contributed by atoms with Gasteiger partial charge >= 0.3 is 6.36 Å². The van der Waals surface area contributed by atoms with Gasteiger partial charge in [0.05, 0.1) is 0 Å². The number of allylic oxidation sites excluding steroid dienone is 2. The molecule has 4 heteroatoms. The first-order valence-corrected chi connectivity index (χ1v) is 11.0. The minimum Gasteiger partial charge on any atom is -0.280 e. The minimum atomic E-state index is -4.63. The van der Waals surface area contributed by atoms with Crippen LogP contribution in [0.5, 0.6) is 0 Å². The molecule has 0 aromatic heterocycles. The van der Waals surface area contributed by atoms with Gasteiger partial charge in [-0.25, -0.2) is 0 Å². The van der Waals surface area contributed by atoms with E-state index in [4.69, 9.17) is 4.74 Å². The van der Waals surface area contributed by atoms with Crippen molar-refractivity contribution in [2.45, 2.75) is 77.2 Å². The second kappa shape index (κ2) is 9.51. The van der Waals surface area contributed by atoms with Gasteiger partial charge in [-0.1, -0.05) is 94.5 Å². The highest BCUT2D eigenvalue weighted by Gasteiger charge is 2.48. The van der Waals surface area contributed by atoms with Gasteiger partial charge in [0, 0.05) is 0 Å². The molecule has 3 rings (SSSR count). The molecule has 0 radical (unpaired) electrons. The number of halogens is 3. The summed E-state index contributed by atoms with van der Waals surface area (Å²) in [6.07, 6.45) is 8.35. The molecule has 1 atom stereocenters. The van der Waals surface area contributed by atoms with Crippen LogP contribution in [-0.2, 0) is 4.74 Å². The number of alkyl halides is 3. The maximum Gasteiger partial charge on any atom is 0.523 e. The molecule has 0 bridgehead atoms. The van der Waals surface area contributed by atoms with Crippen LogP contribution >= 0.6 is 0 Å². The van der Waals surface area contributed by atoms with Crippen LogP contribution in [0, 0.1) is 17.8 Å². The summed E-state index contributed by atoms with van der Waals surface area (Å²) in [6.45, 7) is 4.48. The van der Waals surface area contributed by atoms with Crippen LogP contribution in [0.15, 0.2) is 48.6 Å². The molecule has 29 heavy (non-hydrogen) atoms. The van der Waals surface area contributed by atoms with E-state index in [1.807, 2.05) is 42.5 Å². The average molecular weight is 407 g/mol. The summed E-state index contributed by atoms with van der Waals surface area (Å²) in [5, 5.41) is 0. The Bertz CT molecular complexity index is 697. The molecular weight excluding hydrogens is 373 g/mol. The Morgan fingerprint density at radius 1 is 1.07 bits per heavy atom. The third-order valence-corrected chi connectivity index (χ3v) is 6.53. The molecule has 0 amide bonds. The highest BCUT2D eigenvalue weighted by atomic mass is 19.4. The molecule has 2 aliphatic carbocycles. The van der Waals surface area contributed by atoms with Gasteiger partial charge in [-0.15, -0.1) is 13.2 Å². The monoisotopic (exact) mass is 406 g/mol. The van der Waals surface area contributed by atoms with Gasteiger partial charge in [-0.3, -0.25) is 4.74 Å². The van der Waals surface area contributed by atoms with Crippen molar-refractivity contribution in [3.05, 3.63) is 54.1 Å². The molecule has 0 N–H and O–H groups in total. The molecule has 0 aliphatic heterocycles. The van der Waals surface area contributed by atoms with E-state index in [1.54, 1.807) is 6.08 Å². The lowest BCUT2D eigenvalue weighted by atomic mass is 9.69. The normalized spacial score (nSPS) is 27.9. The lowest BCUT2D eigenvalue weighted by molar-refractivity contribution is -0.366. The lowest BCUT2D eigenvalue weighted by Gasteiger charge is -2.43. The van der Waals surface area contributed by atoms with Gasteiger partial charge in [0.15, 0.2) is 0 Å². The van der Waals surface area contributed by atoms with Crippen LogP contribution in [-0.4, -0.2) is 12.0 Å². The Labute approximate surface area is 173 Å². The molecule has 1 saturated carbocycles. The molecule has 1 fully saturated rings. The van der Waals surface area contributed by atoms with Crippen molar-refractivity contribution in [3.63, 3.8) is 0 Å². The first-order valence-electron chi connectivity index (χ1n) is 11.0. The first-order chi connectivity index (χ1) is 13.8. The van der Waals surface area contributed by atoms with Crippen molar-refractivity contribution in [2.75, 3.05) is 0 Å². The average Bonchev–Trinajstić information content (AvgIpc) is 2.68. The molecule has 160 valence electrons. The van der Waals surface area contributed by atoms with Gasteiger partial charge < -0.3 is 0 Å². The summed E-state index contributed by atoms with van der Waals surface area (Å²) in [6, 6.07) is 9.79. The van der Waals surface area contributed by atoms with Crippen LogP contribution in [0.4, 0.5) is 13.2 Å². The lowest BCUT2D eigenvalue weighted by Crippen LogP contribution is -2.45. The van der Waals surface area contributed by atoms with E-state index in [2.05, 4.69) is 13.8 Å². The fourth-order valence-corrected chi connectivity index (χ4v) is 4.91. The molecule has 0 saturated heterocycles. The smallest absolute Gasteiger partial charge is 0.280 e. The van der Waals surface area contributed by atoms with Crippen LogP contribution in [0.1, 0.15) is 70.8 Å². The van der Waals surface area contributed by atoms with Gasteiger partial charge in [-0.2, -0.15) is 0 Å². The maximum absolute atomic E-state index is 13.3. The summed E-state index contributed by atoms with van der Waals surface area (Å²) in [7, 11) is 0. The molecule has 1 unspecified atom stereocenters. The number of benzene rings is 1. The number of hydrogen-bond donors (Lipinski definition) is 0. The largest absolute Gasteiger partial charge is 0.523 e. The molecule has 1 aromatic rings. The summed E-state index contributed by atoms with van der Waals surface area (Å²) < 4.78 is 44.7. The topological polar surface area (TPSA) is 9.23 Å². The molecule has 1 aromatic carbocycles. The van der Waals surface area contributed by atoms with Crippen molar-refractivity contribution in [3.8, 4) is 0 Å². The zero-order valence-corrected chi connectivity index (χ0v) is 17.5. The van der Waals surface area contributed by atoms with Crippen molar-refractivity contribution in [1.29, 1.82) is 0 Å². The number of hydrogen-bond acceptors (Lipinski definition) is 1. The highest BCUT2D eigenvalue weighted by Crippen LogP contribution is 2.46. The minimum absolute atomic E-state index is 0.0877. The standard InChI is InChI=1S/C25H33F3O/c1-19(2)7-6-8-20-11-13-23(14-12-20)24(29-25(26,27)28)17-15-22(16-18-24)21-9-4-3-5-10-21/h3-5,9-10,15-17,19-20,23H,6-8,11-14,18H2,1-2H3. The second-order valence-corrected chi connectivity index (χ2v) is 9.11. The number of rotatable bonds is 7. The molecule has 0 heterocycles. The Hall–Kier alpha value is -1.55. The van der Waals surface area contributed by atoms with E-state index >= 15 is 0 Å².